The van der Waals surface area contributed by atoms with E-state index in [9.17, 15) is 0 Å². The van der Waals surface area contributed by atoms with Crippen LogP contribution in [0, 0.1) is 0 Å². The van der Waals surface area contributed by atoms with Gasteiger partial charge in [-0.05, 0) is 0 Å². The fourth-order valence-corrected chi connectivity index (χ4v) is 2.60. The lowest BCUT2D eigenvalue weighted by Gasteiger charge is -1.97. The molecular formula is C6H17AlO2. The summed E-state index contributed by atoms with van der Waals surface area (Å²) in [6.45, 7) is 6.97. The van der Waals surface area contributed by atoms with Gasteiger partial charge >= 0.3 is 0 Å². The summed E-state index contributed by atoms with van der Waals surface area (Å²) in [5, 5.41) is 16.5. The van der Waals surface area contributed by atoms with Crippen molar-refractivity contribution in [2.75, 3.05) is 0 Å². The van der Waals surface area contributed by atoms with Gasteiger partial charge < -0.3 is 0 Å². The van der Waals surface area contributed by atoms with E-state index in [4.69, 9.17) is 10.5 Å². The van der Waals surface area contributed by atoms with Crippen LogP contribution in [0.2, 0.25) is 15.8 Å². The molecule has 0 aliphatic carbocycles. The molecular weight excluding hydrogens is 131 g/mol. The molecule has 3 heteroatoms. The Bertz CT molecular complexity index is 32.5. The Morgan fingerprint density at radius 3 is 1.11 bits per heavy atom. The second kappa shape index (κ2) is 11.3. The van der Waals surface area contributed by atoms with Gasteiger partial charge in [-0.2, -0.15) is 0 Å². The minimum Gasteiger partial charge on any atom is -0.255 e. The molecule has 0 spiro atoms. The summed E-state index contributed by atoms with van der Waals surface area (Å²) in [5.41, 5.74) is 0. The van der Waals surface area contributed by atoms with E-state index < -0.39 is 0 Å². The molecule has 0 aliphatic heterocycles. The van der Waals surface area contributed by atoms with Crippen LogP contribution in [0.5, 0.6) is 0 Å². The highest BCUT2D eigenvalue weighted by Crippen LogP contribution is 2.01. The first-order valence-electron chi connectivity index (χ1n) is 3.55. The molecule has 56 valence electrons. The Hall–Kier alpha value is 0.452. The highest BCUT2D eigenvalue weighted by molar-refractivity contribution is 6.58. The van der Waals surface area contributed by atoms with Gasteiger partial charge in [-0.1, -0.05) is 36.6 Å². The summed E-state index contributed by atoms with van der Waals surface area (Å²) in [4.78, 5) is 0. The van der Waals surface area contributed by atoms with Crippen molar-refractivity contribution in [3.8, 4) is 0 Å². The van der Waals surface area contributed by atoms with E-state index in [1.807, 2.05) is 0 Å². The molecule has 0 heterocycles. The lowest BCUT2D eigenvalue weighted by atomic mass is 10.9. The Morgan fingerprint density at radius 2 is 1.11 bits per heavy atom. The molecule has 2 N–H and O–H groups in total. The smallest absolute Gasteiger partial charge is 0.255 e. The molecule has 0 aromatic rings. The first-order chi connectivity index (χ1) is 4.35. The maximum Gasteiger partial charge on any atom is 0.261 e. The lowest BCUT2D eigenvalue weighted by Crippen LogP contribution is -2.04. The molecule has 0 aromatic heterocycles. The minimum atomic E-state index is -0.171. The Kier molecular flexibility index (Phi) is 15.2. The van der Waals surface area contributed by atoms with E-state index >= 15 is 0 Å². The highest BCUT2D eigenvalue weighted by Gasteiger charge is 2.05. The topological polar surface area (TPSA) is 40.5 Å². The van der Waals surface area contributed by atoms with Crippen molar-refractivity contribution in [3.05, 3.63) is 0 Å². The van der Waals surface area contributed by atoms with Gasteiger partial charge in [0, 0.05) is 0 Å². The first kappa shape index (κ1) is 12.2. The van der Waals surface area contributed by atoms with E-state index in [1.54, 1.807) is 0 Å². The highest BCUT2D eigenvalue weighted by atomic mass is 27.2. The summed E-state index contributed by atoms with van der Waals surface area (Å²) in [5.74, 6) is 0. The Morgan fingerprint density at radius 1 is 0.889 bits per heavy atom. The van der Waals surface area contributed by atoms with Crippen molar-refractivity contribution in [1.29, 1.82) is 0 Å². The average Bonchev–Trinajstić information content (AvgIpc) is 1.96. The molecule has 0 unspecified atom stereocenters. The maximum atomic E-state index is 6.00. The molecule has 9 heavy (non-hydrogen) atoms. The van der Waals surface area contributed by atoms with Gasteiger partial charge in [0.15, 0.2) is 0 Å². The number of rotatable bonds is 3. The molecule has 0 saturated carbocycles. The van der Waals surface area contributed by atoms with Gasteiger partial charge in [0.1, 0.15) is 0 Å². The van der Waals surface area contributed by atoms with E-state index in [2.05, 4.69) is 20.8 Å². The zero-order chi connectivity index (χ0) is 7.70. The van der Waals surface area contributed by atoms with Crippen LogP contribution in [-0.4, -0.2) is 24.7 Å². The summed E-state index contributed by atoms with van der Waals surface area (Å²) >= 11 is -0.171. The van der Waals surface area contributed by atoms with Gasteiger partial charge in [-0.3, -0.25) is 10.5 Å². The van der Waals surface area contributed by atoms with Crippen LogP contribution in [0.25, 0.3) is 0 Å². The second-order valence-corrected chi connectivity index (χ2v) is 6.27. The fraction of sp³-hybridized carbons (Fsp3) is 1.00. The predicted octanol–water partition coefficient (Wildman–Crippen LogP) is 2.56. The second-order valence-electron chi connectivity index (χ2n) is 2.09. The molecule has 0 aliphatic rings. The zero-order valence-electron chi connectivity index (χ0n) is 6.59. The summed E-state index contributed by atoms with van der Waals surface area (Å²) in [6.07, 6.45) is 0. The van der Waals surface area contributed by atoms with Crippen LogP contribution in [0.3, 0.4) is 0 Å². The van der Waals surface area contributed by atoms with Gasteiger partial charge in [-0.15, -0.1) is 0 Å². The van der Waals surface area contributed by atoms with Gasteiger partial charge in [0.2, 0.25) is 0 Å². The van der Waals surface area contributed by atoms with Crippen molar-refractivity contribution in [1.82, 2.24) is 0 Å². The van der Waals surface area contributed by atoms with Gasteiger partial charge in [0.25, 0.3) is 14.1 Å². The molecule has 0 radical (unpaired) electrons. The third-order valence-corrected chi connectivity index (χ3v) is 5.20. The third-order valence-electron chi connectivity index (χ3n) is 1.73. The van der Waals surface area contributed by atoms with Crippen LogP contribution >= 0.6 is 0 Å². The van der Waals surface area contributed by atoms with Crippen LogP contribution in [0.1, 0.15) is 20.8 Å². The van der Waals surface area contributed by atoms with E-state index in [-0.39, 0.29) is 14.1 Å². The minimum absolute atomic E-state index is 0.171. The molecule has 0 atom stereocenters. The predicted molar refractivity (Wildman–Crippen MR) is 42.5 cm³/mol. The van der Waals surface area contributed by atoms with Crippen LogP contribution in [0.4, 0.5) is 0 Å². The van der Waals surface area contributed by atoms with E-state index in [1.165, 1.54) is 15.8 Å². The van der Waals surface area contributed by atoms with Crippen molar-refractivity contribution >= 4 is 14.1 Å². The Balaban J connectivity index is 0. The molecule has 2 nitrogen and oxygen atoms in total. The maximum absolute atomic E-state index is 6.00. The SMILES string of the molecule is C[CH2][Al]([CH2]C)[CH2]C.OO. The quantitative estimate of drug-likeness (QED) is 0.367. The average molecular weight is 148 g/mol. The first-order valence-corrected chi connectivity index (χ1v) is 6.00. The number of hydrogen-bond donors (Lipinski definition) is 2. The van der Waals surface area contributed by atoms with Gasteiger partial charge in [0.05, 0.1) is 0 Å². The standard InChI is InChI=1S/3C2H5.Al.H2O2/c3*1-2;;1-2/h3*1H2,2H3;;1-2H. The van der Waals surface area contributed by atoms with Gasteiger partial charge in [-0.25, -0.2) is 0 Å². The molecule has 0 fully saturated rings. The van der Waals surface area contributed by atoms with Crippen LogP contribution in [0.15, 0.2) is 0 Å². The Labute approximate surface area is 61.8 Å². The molecule has 0 bridgehead atoms. The zero-order valence-corrected chi connectivity index (χ0v) is 7.75. The van der Waals surface area contributed by atoms with Crippen molar-refractivity contribution in [2.24, 2.45) is 0 Å². The third kappa shape index (κ3) is 8.45. The summed E-state index contributed by atoms with van der Waals surface area (Å²) in [7, 11) is 0. The summed E-state index contributed by atoms with van der Waals surface area (Å²) < 4.78 is 0. The molecule has 0 aromatic carbocycles. The van der Waals surface area contributed by atoms with Crippen molar-refractivity contribution < 1.29 is 10.5 Å². The van der Waals surface area contributed by atoms with Crippen LogP contribution in [-0.2, 0) is 0 Å². The largest absolute Gasteiger partial charge is 0.261 e. The van der Waals surface area contributed by atoms with Crippen molar-refractivity contribution in [2.45, 2.75) is 36.6 Å². The fourth-order valence-electron chi connectivity index (χ4n) is 0.866. The number of hydrogen-bond acceptors (Lipinski definition) is 2. The monoisotopic (exact) mass is 148 g/mol. The molecule has 0 amide bonds. The lowest BCUT2D eigenvalue weighted by molar-refractivity contribution is -0.176. The summed E-state index contributed by atoms with van der Waals surface area (Å²) in [6, 6.07) is 0. The van der Waals surface area contributed by atoms with Crippen molar-refractivity contribution in [3.63, 3.8) is 0 Å². The normalized spacial score (nSPS) is 7.67. The molecule has 0 saturated heterocycles. The van der Waals surface area contributed by atoms with E-state index in [0.29, 0.717) is 0 Å². The van der Waals surface area contributed by atoms with Crippen LogP contribution < -0.4 is 0 Å². The van der Waals surface area contributed by atoms with E-state index in [0.717, 1.165) is 0 Å². The molecule has 0 rings (SSSR count).